The first kappa shape index (κ1) is 14.5. The fraction of sp³-hybridized carbons (Fsp3) is 0.812. The van der Waals surface area contributed by atoms with Crippen molar-refractivity contribution in [2.45, 2.75) is 46.1 Å². The molecule has 3 aliphatic rings. The van der Waals surface area contributed by atoms with Crippen molar-refractivity contribution >= 4 is 17.8 Å². The zero-order chi connectivity index (χ0) is 15.3. The van der Waals surface area contributed by atoms with Gasteiger partial charge in [0.2, 0.25) is 11.8 Å². The fourth-order valence-electron chi connectivity index (χ4n) is 4.61. The number of fused-ring (bicyclic) bond motifs is 5. The lowest BCUT2D eigenvalue weighted by Gasteiger charge is -2.28. The molecule has 1 aliphatic heterocycles. The number of carbonyl (C=O) groups is 3. The highest BCUT2D eigenvalue weighted by atomic mass is 16.5. The molecule has 2 aliphatic carbocycles. The largest absolute Gasteiger partial charge is 0.464 e. The third kappa shape index (κ3) is 2.00. The van der Waals surface area contributed by atoms with Crippen molar-refractivity contribution in [3.8, 4) is 0 Å². The number of likely N-dealkylation sites (tertiary alicyclic amines) is 1. The Balaban J connectivity index is 1.89. The standard InChI is InChI=1S/C16H23NO4/c1-4-21-16(20)13(8(2)3)17-14(18)11-9-5-6-10(7-9)12(11)15(17)19/h8-13H,4-7H2,1-3H3/t9-,10+,11-,12+,13-/m0/s1. The Morgan fingerprint density at radius 1 is 1.19 bits per heavy atom. The normalized spacial score (nSPS) is 35.5. The lowest BCUT2D eigenvalue weighted by atomic mass is 9.81. The number of rotatable bonds is 4. The fourth-order valence-corrected chi connectivity index (χ4v) is 4.61. The van der Waals surface area contributed by atoms with Crippen LogP contribution in [0.25, 0.3) is 0 Å². The Morgan fingerprint density at radius 2 is 1.71 bits per heavy atom. The van der Waals surface area contributed by atoms with Crippen LogP contribution in [0.5, 0.6) is 0 Å². The van der Waals surface area contributed by atoms with Crippen LogP contribution in [-0.2, 0) is 19.1 Å². The molecule has 0 aromatic rings. The molecule has 5 nitrogen and oxygen atoms in total. The molecule has 0 aromatic heterocycles. The van der Waals surface area contributed by atoms with Crippen molar-refractivity contribution in [1.29, 1.82) is 0 Å². The summed E-state index contributed by atoms with van der Waals surface area (Å²) in [6.45, 7) is 5.70. The van der Waals surface area contributed by atoms with Gasteiger partial charge in [0.15, 0.2) is 0 Å². The molecular weight excluding hydrogens is 270 g/mol. The summed E-state index contributed by atoms with van der Waals surface area (Å²) in [4.78, 5) is 38.9. The molecule has 21 heavy (non-hydrogen) atoms. The molecule has 116 valence electrons. The Bertz CT molecular complexity index is 459. The van der Waals surface area contributed by atoms with Crippen molar-refractivity contribution in [3.05, 3.63) is 0 Å². The van der Waals surface area contributed by atoms with E-state index in [1.54, 1.807) is 6.92 Å². The molecule has 5 atom stereocenters. The number of hydrogen-bond donors (Lipinski definition) is 0. The lowest BCUT2D eigenvalue weighted by Crippen LogP contribution is -2.49. The van der Waals surface area contributed by atoms with Gasteiger partial charge in [-0.1, -0.05) is 13.8 Å². The Labute approximate surface area is 125 Å². The summed E-state index contributed by atoms with van der Waals surface area (Å²) in [6.07, 6.45) is 3.10. The minimum atomic E-state index is -0.769. The van der Waals surface area contributed by atoms with Crippen LogP contribution in [0.15, 0.2) is 0 Å². The number of carbonyl (C=O) groups excluding carboxylic acids is 3. The number of esters is 1. The molecule has 0 unspecified atom stereocenters. The van der Waals surface area contributed by atoms with Crippen LogP contribution in [-0.4, -0.2) is 35.3 Å². The molecule has 3 rings (SSSR count). The number of amides is 2. The van der Waals surface area contributed by atoms with Gasteiger partial charge in [-0.05, 0) is 43.9 Å². The third-order valence-corrected chi connectivity index (χ3v) is 5.40. The minimum Gasteiger partial charge on any atom is -0.464 e. The van der Waals surface area contributed by atoms with E-state index in [1.165, 1.54) is 4.90 Å². The molecule has 2 saturated carbocycles. The van der Waals surface area contributed by atoms with E-state index < -0.39 is 12.0 Å². The van der Waals surface area contributed by atoms with Gasteiger partial charge in [0.1, 0.15) is 6.04 Å². The van der Waals surface area contributed by atoms with E-state index in [0.717, 1.165) is 19.3 Å². The van der Waals surface area contributed by atoms with Gasteiger partial charge in [0.25, 0.3) is 0 Å². The van der Waals surface area contributed by atoms with Crippen LogP contribution in [0.4, 0.5) is 0 Å². The average Bonchev–Trinajstić information content (AvgIpc) is 3.08. The molecule has 0 aromatic carbocycles. The van der Waals surface area contributed by atoms with Crippen LogP contribution in [0.2, 0.25) is 0 Å². The van der Waals surface area contributed by atoms with Crippen molar-refractivity contribution in [2.24, 2.45) is 29.6 Å². The molecule has 1 heterocycles. The van der Waals surface area contributed by atoms with Gasteiger partial charge in [-0.2, -0.15) is 0 Å². The number of hydrogen-bond acceptors (Lipinski definition) is 4. The monoisotopic (exact) mass is 293 g/mol. The molecule has 5 heteroatoms. The maximum absolute atomic E-state index is 12.7. The van der Waals surface area contributed by atoms with E-state index in [-0.39, 0.29) is 36.2 Å². The first-order valence-corrected chi connectivity index (χ1v) is 8.00. The van der Waals surface area contributed by atoms with Crippen LogP contribution < -0.4 is 0 Å². The molecular formula is C16H23NO4. The Morgan fingerprint density at radius 3 is 2.14 bits per heavy atom. The van der Waals surface area contributed by atoms with Crippen molar-refractivity contribution in [1.82, 2.24) is 4.90 Å². The summed E-state index contributed by atoms with van der Waals surface area (Å²) in [5.74, 6) is -0.519. The molecule has 2 bridgehead atoms. The summed E-state index contributed by atoms with van der Waals surface area (Å²) < 4.78 is 5.08. The predicted octanol–water partition coefficient (Wildman–Crippen LogP) is 1.61. The SMILES string of the molecule is CCOC(=O)[C@H](C(C)C)N1C(=O)[C@@H]2[C@@H]3CC[C@@H](C3)[C@@H]2C1=O. The van der Waals surface area contributed by atoms with E-state index in [2.05, 4.69) is 0 Å². The van der Waals surface area contributed by atoms with E-state index in [0.29, 0.717) is 11.8 Å². The zero-order valence-electron chi connectivity index (χ0n) is 12.9. The van der Waals surface area contributed by atoms with Crippen LogP contribution in [0, 0.1) is 29.6 Å². The molecule has 1 saturated heterocycles. The highest BCUT2D eigenvalue weighted by Gasteiger charge is 2.62. The smallest absolute Gasteiger partial charge is 0.329 e. The van der Waals surface area contributed by atoms with Gasteiger partial charge < -0.3 is 4.74 Å². The topological polar surface area (TPSA) is 63.7 Å². The van der Waals surface area contributed by atoms with Gasteiger partial charge in [-0.3, -0.25) is 14.5 Å². The highest BCUT2D eigenvalue weighted by Crippen LogP contribution is 2.56. The van der Waals surface area contributed by atoms with Crippen LogP contribution in [0.1, 0.15) is 40.0 Å². The van der Waals surface area contributed by atoms with E-state index in [4.69, 9.17) is 4.74 Å². The summed E-state index contributed by atoms with van der Waals surface area (Å²) in [7, 11) is 0. The third-order valence-electron chi connectivity index (χ3n) is 5.40. The van der Waals surface area contributed by atoms with Gasteiger partial charge in [-0.25, -0.2) is 4.79 Å². The second-order valence-electron chi connectivity index (χ2n) is 6.87. The summed E-state index contributed by atoms with van der Waals surface area (Å²) >= 11 is 0. The van der Waals surface area contributed by atoms with Gasteiger partial charge in [0, 0.05) is 0 Å². The second kappa shape index (κ2) is 5.11. The number of ether oxygens (including phenoxy) is 1. The lowest BCUT2D eigenvalue weighted by molar-refractivity contribution is -0.161. The summed E-state index contributed by atoms with van der Waals surface area (Å²) in [5.41, 5.74) is 0. The second-order valence-corrected chi connectivity index (χ2v) is 6.87. The minimum absolute atomic E-state index is 0.131. The van der Waals surface area contributed by atoms with Crippen LogP contribution >= 0.6 is 0 Å². The Hall–Kier alpha value is -1.39. The quantitative estimate of drug-likeness (QED) is 0.583. The first-order chi connectivity index (χ1) is 9.97. The molecule has 0 radical (unpaired) electrons. The maximum atomic E-state index is 12.7. The highest BCUT2D eigenvalue weighted by molar-refractivity contribution is 6.08. The molecule has 0 N–H and O–H groups in total. The van der Waals surface area contributed by atoms with Gasteiger partial charge >= 0.3 is 5.97 Å². The van der Waals surface area contributed by atoms with Crippen molar-refractivity contribution in [2.75, 3.05) is 6.61 Å². The van der Waals surface area contributed by atoms with E-state index in [1.807, 2.05) is 13.8 Å². The summed E-state index contributed by atoms with van der Waals surface area (Å²) in [5, 5.41) is 0. The van der Waals surface area contributed by atoms with E-state index >= 15 is 0 Å². The first-order valence-electron chi connectivity index (χ1n) is 8.00. The van der Waals surface area contributed by atoms with Gasteiger partial charge in [-0.15, -0.1) is 0 Å². The van der Waals surface area contributed by atoms with E-state index in [9.17, 15) is 14.4 Å². The van der Waals surface area contributed by atoms with Crippen molar-refractivity contribution in [3.63, 3.8) is 0 Å². The maximum Gasteiger partial charge on any atom is 0.329 e. The number of nitrogens with zero attached hydrogens (tertiary/aromatic N) is 1. The molecule has 0 spiro atoms. The van der Waals surface area contributed by atoms with Crippen LogP contribution in [0.3, 0.4) is 0 Å². The average molecular weight is 293 g/mol. The summed E-state index contributed by atoms with van der Waals surface area (Å²) in [6, 6.07) is -0.769. The van der Waals surface area contributed by atoms with Gasteiger partial charge in [0.05, 0.1) is 18.4 Å². The Kier molecular flexibility index (Phi) is 3.54. The molecule has 2 amide bonds. The predicted molar refractivity (Wildman–Crippen MR) is 74.9 cm³/mol. The molecule has 3 fully saturated rings. The number of imide groups is 1. The van der Waals surface area contributed by atoms with Crippen molar-refractivity contribution < 1.29 is 19.1 Å². The zero-order valence-corrected chi connectivity index (χ0v) is 12.9.